The molecule has 0 aliphatic heterocycles. The highest BCUT2D eigenvalue weighted by Crippen LogP contribution is 2.44. The maximum Gasteiger partial charge on any atom is 0.238 e. The van der Waals surface area contributed by atoms with Crippen LogP contribution in [0.15, 0.2) is 188 Å². The van der Waals surface area contributed by atoms with Crippen LogP contribution >= 0.6 is 0 Å². The van der Waals surface area contributed by atoms with Crippen LogP contribution in [0.5, 0.6) is 0 Å². The Hall–Kier alpha value is -8.23. The molecule has 0 radical (unpaired) electrons. The van der Waals surface area contributed by atoms with Crippen LogP contribution < -0.4 is 4.90 Å². The first-order valence-corrected chi connectivity index (χ1v) is 19.4. The van der Waals surface area contributed by atoms with Gasteiger partial charge in [-0.25, -0.2) is 4.98 Å². The Kier molecular flexibility index (Phi) is 6.56. The van der Waals surface area contributed by atoms with Crippen molar-refractivity contribution >= 4 is 105 Å². The Morgan fingerprint density at radius 2 is 0.864 bits per heavy atom. The van der Waals surface area contributed by atoms with Crippen LogP contribution in [0.4, 0.5) is 17.3 Å². The fourth-order valence-electron chi connectivity index (χ4n) is 8.63. The molecule has 13 aromatic rings. The summed E-state index contributed by atoms with van der Waals surface area (Å²) in [6.45, 7) is 0. The van der Waals surface area contributed by atoms with Crippen molar-refractivity contribution in [3.63, 3.8) is 0 Å². The summed E-state index contributed by atoms with van der Waals surface area (Å²) in [6, 6.07) is 56.9. The fraction of sp³-hybridized carbons (Fsp3) is 0. The summed E-state index contributed by atoms with van der Waals surface area (Å²) >= 11 is 0. The molecule has 0 aliphatic rings. The maximum atomic E-state index is 6.68. The molecule has 5 heterocycles. The quantitative estimate of drug-likeness (QED) is 0.171. The van der Waals surface area contributed by atoms with Gasteiger partial charge in [-0.3, -0.25) is 4.90 Å². The molecule has 0 aliphatic carbocycles. The second kappa shape index (κ2) is 12.1. The minimum Gasteiger partial charge on any atom is -0.456 e. The van der Waals surface area contributed by atoms with Crippen LogP contribution in [-0.4, -0.2) is 15.0 Å². The number of nitrogens with zero attached hydrogens (tertiary/aromatic N) is 4. The zero-order valence-electron chi connectivity index (χ0n) is 31.1. The molecular weight excluding hydrogens is 733 g/mol. The third-order valence-corrected chi connectivity index (χ3v) is 11.3. The van der Waals surface area contributed by atoms with Crippen LogP contribution in [0.25, 0.3) is 111 Å². The predicted octanol–water partition coefficient (Wildman–Crippen LogP) is 14.3. The lowest BCUT2D eigenvalue weighted by molar-refractivity contribution is 0.667. The highest BCUT2D eigenvalue weighted by Gasteiger charge is 2.26. The number of rotatable bonds is 5. The Labute approximate surface area is 334 Å². The van der Waals surface area contributed by atoms with Crippen molar-refractivity contribution in [2.45, 2.75) is 0 Å². The van der Waals surface area contributed by atoms with Gasteiger partial charge in [0.25, 0.3) is 0 Å². The van der Waals surface area contributed by atoms with Crippen molar-refractivity contribution in [1.82, 2.24) is 15.0 Å². The van der Waals surface area contributed by atoms with Gasteiger partial charge in [-0.05, 0) is 66.7 Å². The number of hydrogen-bond donors (Lipinski definition) is 0. The van der Waals surface area contributed by atoms with Gasteiger partial charge in [0.2, 0.25) is 5.95 Å². The molecule has 5 aromatic heterocycles. The number of benzene rings is 8. The van der Waals surface area contributed by atoms with Gasteiger partial charge in [-0.2, -0.15) is 9.97 Å². The Morgan fingerprint density at radius 1 is 0.339 bits per heavy atom. The molecule has 8 nitrogen and oxygen atoms in total. The molecule has 276 valence electrons. The first-order valence-electron chi connectivity index (χ1n) is 19.4. The summed E-state index contributed by atoms with van der Waals surface area (Å²) in [5.74, 6) is 1.33. The third-order valence-electron chi connectivity index (χ3n) is 11.3. The molecule has 0 amide bonds. The summed E-state index contributed by atoms with van der Waals surface area (Å²) in [7, 11) is 0. The van der Waals surface area contributed by atoms with E-state index in [0.717, 1.165) is 99.1 Å². The molecule has 0 atom stereocenters. The van der Waals surface area contributed by atoms with Crippen LogP contribution in [0.1, 0.15) is 0 Å². The van der Waals surface area contributed by atoms with E-state index in [9.17, 15) is 0 Å². The van der Waals surface area contributed by atoms with Crippen LogP contribution in [-0.2, 0) is 0 Å². The molecular formula is C51H28N4O4. The van der Waals surface area contributed by atoms with Crippen molar-refractivity contribution < 1.29 is 17.7 Å². The van der Waals surface area contributed by atoms with Crippen molar-refractivity contribution in [3.05, 3.63) is 170 Å². The minimum absolute atomic E-state index is 0.388. The van der Waals surface area contributed by atoms with Crippen molar-refractivity contribution in [2.75, 3.05) is 4.90 Å². The zero-order chi connectivity index (χ0) is 38.6. The van der Waals surface area contributed by atoms with Gasteiger partial charge in [0.1, 0.15) is 39.1 Å². The number of aromatic nitrogens is 3. The van der Waals surface area contributed by atoms with E-state index in [2.05, 4.69) is 54.6 Å². The second-order valence-electron chi connectivity index (χ2n) is 14.7. The molecule has 13 rings (SSSR count). The molecule has 0 N–H and O–H groups in total. The van der Waals surface area contributed by atoms with Crippen molar-refractivity contribution in [1.29, 1.82) is 0 Å². The molecule has 0 spiro atoms. The lowest BCUT2D eigenvalue weighted by Crippen LogP contribution is -2.15. The SMILES string of the molecule is c1ccc2c(c1)oc1cc(N(c3nc(-c4ccc5oc6ccccc6c5c4)nc(-c4cccc5c4oc4ccccc45)n3)c3cccc4c3oc3ccccc34)ccc12. The van der Waals surface area contributed by atoms with E-state index in [4.69, 9.17) is 32.6 Å². The average molecular weight is 761 g/mol. The minimum atomic E-state index is 0.388. The fourth-order valence-corrected chi connectivity index (χ4v) is 8.63. The summed E-state index contributed by atoms with van der Waals surface area (Å²) in [5, 5.41) is 8.05. The van der Waals surface area contributed by atoms with Crippen molar-refractivity contribution in [3.8, 4) is 22.8 Å². The van der Waals surface area contributed by atoms with E-state index in [1.54, 1.807) is 0 Å². The highest BCUT2D eigenvalue weighted by atomic mass is 16.3. The average Bonchev–Trinajstić information content (AvgIpc) is 4.06. The van der Waals surface area contributed by atoms with Gasteiger partial charge in [0.05, 0.1) is 16.9 Å². The monoisotopic (exact) mass is 760 g/mol. The van der Waals surface area contributed by atoms with E-state index < -0.39 is 0 Å². The molecule has 0 saturated heterocycles. The topological polar surface area (TPSA) is 94.5 Å². The van der Waals surface area contributed by atoms with Crippen LogP contribution in [0.3, 0.4) is 0 Å². The van der Waals surface area contributed by atoms with E-state index >= 15 is 0 Å². The number of fused-ring (bicyclic) bond motifs is 12. The van der Waals surface area contributed by atoms with Gasteiger partial charge in [-0.1, -0.05) is 97.1 Å². The molecule has 0 saturated carbocycles. The molecule has 8 heteroatoms. The first kappa shape index (κ1) is 31.9. The summed E-state index contributed by atoms with van der Waals surface area (Å²) < 4.78 is 25.9. The summed E-state index contributed by atoms with van der Waals surface area (Å²) in [6.07, 6.45) is 0. The maximum absolute atomic E-state index is 6.68. The lowest BCUT2D eigenvalue weighted by Gasteiger charge is -2.24. The molecule has 0 fully saturated rings. The van der Waals surface area contributed by atoms with E-state index in [-0.39, 0.29) is 0 Å². The summed E-state index contributed by atoms with van der Waals surface area (Å²) in [5.41, 5.74) is 9.23. The van der Waals surface area contributed by atoms with Crippen molar-refractivity contribution in [2.24, 2.45) is 0 Å². The smallest absolute Gasteiger partial charge is 0.238 e. The molecule has 59 heavy (non-hydrogen) atoms. The van der Waals surface area contributed by atoms with Gasteiger partial charge in [0, 0.05) is 54.7 Å². The third kappa shape index (κ3) is 4.80. The van der Waals surface area contributed by atoms with E-state index in [0.29, 0.717) is 28.8 Å². The van der Waals surface area contributed by atoms with Gasteiger partial charge in [-0.15, -0.1) is 0 Å². The first-order chi connectivity index (χ1) is 29.2. The highest BCUT2D eigenvalue weighted by molar-refractivity contribution is 6.12. The van der Waals surface area contributed by atoms with Crippen LogP contribution in [0, 0.1) is 0 Å². The molecule has 8 aromatic carbocycles. The Bertz CT molecular complexity index is 3830. The van der Waals surface area contributed by atoms with Gasteiger partial charge < -0.3 is 17.7 Å². The predicted molar refractivity (Wildman–Crippen MR) is 234 cm³/mol. The molecule has 0 bridgehead atoms. The normalized spacial score (nSPS) is 12.1. The zero-order valence-corrected chi connectivity index (χ0v) is 31.1. The second-order valence-corrected chi connectivity index (χ2v) is 14.7. The van der Waals surface area contributed by atoms with E-state index in [1.165, 1.54) is 0 Å². The number of para-hydroxylation sites is 6. The standard InChI is InChI=1S/C51H28N4O4/c1-5-19-41-31(11-1)35-25-24-30(28-46(35)57-41)55(40-18-10-16-37-33-13-3-8-22-44(33)59-48(37)40)51-53-49(29-23-26-45-39(27-29)34-14-4-6-20-42(34)56-45)52-50(54-51)38-17-9-15-36-32-12-2-7-21-43(32)58-47(36)38/h1-28H. The number of hydrogen-bond acceptors (Lipinski definition) is 8. The number of anilines is 3. The Morgan fingerprint density at radius 3 is 1.59 bits per heavy atom. The number of furan rings is 4. The lowest BCUT2D eigenvalue weighted by atomic mass is 10.1. The Balaban J connectivity index is 1.12. The van der Waals surface area contributed by atoms with Crippen LogP contribution in [0.2, 0.25) is 0 Å². The summed E-state index contributed by atoms with van der Waals surface area (Å²) in [4.78, 5) is 17.9. The van der Waals surface area contributed by atoms with E-state index in [1.807, 2.05) is 120 Å². The van der Waals surface area contributed by atoms with Gasteiger partial charge >= 0.3 is 0 Å². The largest absolute Gasteiger partial charge is 0.456 e. The van der Waals surface area contributed by atoms with Gasteiger partial charge in [0.15, 0.2) is 17.2 Å². The molecule has 0 unspecified atom stereocenters.